The average Bonchev–Trinajstić information content (AvgIpc) is 3.23. The number of hydrogen-bond donors (Lipinski definition) is 3. The number of nitrogens with one attached hydrogen (secondary N) is 1. The van der Waals surface area contributed by atoms with E-state index in [-0.39, 0.29) is 29.0 Å². The summed E-state index contributed by atoms with van der Waals surface area (Å²) in [6.07, 6.45) is 1.04. The van der Waals surface area contributed by atoms with Gasteiger partial charge in [0.25, 0.3) is 0 Å². The zero-order valence-electron chi connectivity index (χ0n) is 19.5. The fourth-order valence-corrected chi connectivity index (χ4v) is 6.82. The second-order valence-electron chi connectivity index (χ2n) is 9.15. The molecule has 13 heteroatoms. The Hall–Kier alpha value is -1.77. The molecule has 198 valence electrons. The maximum absolute atomic E-state index is 13.0. The zero-order valence-corrected chi connectivity index (χ0v) is 21.9. The van der Waals surface area contributed by atoms with Crippen molar-refractivity contribution in [1.29, 1.82) is 0 Å². The fourth-order valence-electron chi connectivity index (χ4n) is 4.53. The molecule has 4 N–H and O–H groups in total. The van der Waals surface area contributed by atoms with E-state index in [1.54, 1.807) is 24.3 Å². The number of benzene rings is 2. The Bertz CT molecular complexity index is 1280. The lowest BCUT2D eigenvalue weighted by atomic mass is 9.88. The maximum atomic E-state index is 13.0. The summed E-state index contributed by atoms with van der Waals surface area (Å²) in [5, 5.41) is 19.1. The number of primary sulfonamides is 1. The van der Waals surface area contributed by atoms with E-state index in [0.717, 1.165) is 0 Å². The Morgan fingerprint density at radius 1 is 1.14 bits per heavy atom. The van der Waals surface area contributed by atoms with Gasteiger partial charge in [-0.2, -0.15) is 4.31 Å². The molecule has 0 bridgehead atoms. The number of hydrogen-bond acceptors (Lipinski definition) is 8. The highest BCUT2D eigenvalue weighted by Gasteiger charge is 2.44. The minimum Gasteiger partial charge on any atom is -0.491 e. The lowest BCUT2D eigenvalue weighted by Gasteiger charge is -2.38. The zero-order chi connectivity index (χ0) is 26.0. The van der Waals surface area contributed by atoms with Crippen LogP contribution in [0.3, 0.4) is 0 Å². The van der Waals surface area contributed by atoms with Gasteiger partial charge in [0.15, 0.2) is 0 Å². The number of piperidine rings is 1. The quantitative estimate of drug-likeness (QED) is 0.417. The first-order valence-electron chi connectivity index (χ1n) is 11.5. The molecular formula is C23H30ClN3O7S2. The van der Waals surface area contributed by atoms with Crippen LogP contribution in [0.1, 0.15) is 19.3 Å². The largest absolute Gasteiger partial charge is 0.491 e. The molecule has 0 radical (unpaired) electrons. The van der Waals surface area contributed by atoms with E-state index in [0.29, 0.717) is 49.7 Å². The van der Waals surface area contributed by atoms with Crippen molar-refractivity contribution in [1.82, 2.24) is 9.62 Å². The van der Waals surface area contributed by atoms with Crippen LogP contribution in [0.5, 0.6) is 5.75 Å². The number of aliphatic hydroxyl groups excluding tert-OH is 1. The third kappa shape index (κ3) is 6.56. The molecule has 4 rings (SSSR count). The highest BCUT2D eigenvalue weighted by molar-refractivity contribution is 7.89. The molecule has 1 spiro atoms. The molecule has 2 atom stereocenters. The van der Waals surface area contributed by atoms with Crippen molar-refractivity contribution in [2.75, 3.05) is 32.8 Å². The second kappa shape index (κ2) is 10.9. The number of aliphatic hydroxyl groups is 1. The number of nitrogens with zero attached hydrogens (tertiary/aromatic N) is 1. The molecular weight excluding hydrogens is 530 g/mol. The van der Waals surface area contributed by atoms with Crippen LogP contribution in [0.25, 0.3) is 0 Å². The molecule has 2 fully saturated rings. The second-order valence-corrected chi connectivity index (χ2v) is 13.1. The van der Waals surface area contributed by atoms with E-state index in [9.17, 15) is 21.9 Å². The van der Waals surface area contributed by atoms with Gasteiger partial charge in [0, 0.05) is 36.8 Å². The summed E-state index contributed by atoms with van der Waals surface area (Å²) in [6.45, 7) is 1.40. The third-order valence-electron chi connectivity index (χ3n) is 6.50. The molecule has 0 aliphatic carbocycles. The van der Waals surface area contributed by atoms with Crippen molar-refractivity contribution in [2.24, 2.45) is 5.14 Å². The van der Waals surface area contributed by atoms with Crippen LogP contribution in [0.4, 0.5) is 0 Å². The lowest BCUT2D eigenvalue weighted by Crippen LogP contribution is -2.47. The van der Waals surface area contributed by atoms with Gasteiger partial charge in [0.05, 0.1) is 22.0 Å². The summed E-state index contributed by atoms with van der Waals surface area (Å²) in [5.74, 6) is 0.295. The molecule has 2 saturated heterocycles. The predicted octanol–water partition coefficient (Wildman–Crippen LogP) is 1.33. The van der Waals surface area contributed by atoms with Crippen LogP contribution in [0.15, 0.2) is 58.3 Å². The van der Waals surface area contributed by atoms with Crippen molar-refractivity contribution in [3.05, 3.63) is 53.6 Å². The first-order valence-corrected chi connectivity index (χ1v) is 14.9. The number of nitrogens with two attached hydrogens (primary N) is 1. The Labute approximate surface area is 216 Å². The van der Waals surface area contributed by atoms with Crippen LogP contribution < -0.4 is 15.2 Å². The number of sulfonamides is 2. The summed E-state index contributed by atoms with van der Waals surface area (Å²) < 4.78 is 61.9. The van der Waals surface area contributed by atoms with Crippen molar-refractivity contribution in [3.63, 3.8) is 0 Å². The van der Waals surface area contributed by atoms with E-state index in [1.165, 1.54) is 28.6 Å². The Kier molecular flexibility index (Phi) is 8.27. The normalized spacial score (nSPS) is 21.5. The highest BCUT2D eigenvalue weighted by Crippen LogP contribution is 2.37. The Morgan fingerprint density at radius 2 is 1.83 bits per heavy atom. The monoisotopic (exact) mass is 559 g/mol. The van der Waals surface area contributed by atoms with E-state index in [4.69, 9.17) is 26.2 Å². The van der Waals surface area contributed by atoms with Gasteiger partial charge in [-0.15, -0.1) is 0 Å². The molecule has 2 aliphatic rings. The van der Waals surface area contributed by atoms with Gasteiger partial charge in [0.2, 0.25) is 20.0 Å². The van der Waals surface area contributed by atoms with E-state index in [1.807, 2.05) is 0 Å². The number of halogens is 1. The van der Waals surface area contributed by atoms with Crippen LogP contribution in [-0.4, -0.2) is 76.8 Å². The summed E-state index contributed by atoms with van der Waals surface area (Å²) in [7, 11) is -7.45. The maximum Gasteiger partial charge on any atom is 0.243 e. The van der Waals surface area contributed by atoms with Gasteiger partial charge in [0.1, 0.15) is 18.5 Å². The van der Waals surface area contributed by atoms with Crippen molar-refractivity contribution >= 4 is 31.6 Å². The third-order valence-corrected chi connectivity index (χ3v) is 9.54. The van der Waals surface area contributed by atoms with E-state index >= 15 is 0 Å². The van der Waals surface area contributed by atoms with Gasteiger partial charge >= 0.3 is 0 Å². The number of rotatable bonds is 9. The Balaban J connectivity index is 1.23. The van der Waals surface area contributed by atoms with Gasteiger partial charge in [-0.3, -0.25) is 0 Å². The Morgan fingerprint density at radius 3 is 2.53 bits per heavy atom. The summed E-state index contributed by atoms with van der Waals surface area (Å²) in [6, 6.07) is 12.1. The molecule has 0 aromatic heterocycles. The lowest BCUT2D eigenvalue weighted by molar-refractivity contribution is -0.0312. The van der Waals surface area contributed by atoms with E-state index in [2.05, 4.69) is 5.32 Å². The van der Waals surface area contributed by atoms with Crippen molar-refractivity contribution < 1.29 is 31.4 Å². The molecule has 2 heterocycles. The first-order chi connectivity index (χ1) is 17.0. The van der Waals surface area contributed by atoms with Crippen molar-refractivity contribution in [3.8, 4) is 5.75 Å². The average molecular weight is 560 g/mol. The molecule has 2 aliphatic heterocycles. The van der Waals surface area contributed by atoms with Crippen LogP contribution in [0.2, 0.25) is 5.02 Å². The topological polar surface area (TPSA) is 148 Å². The molecule has 2 aromatic carbocycles. The predicted molar refractivity (Wildman–Crippen MR) is 134 cm³/mol. The summed E-state index contributed by atoms with van der Waals surface area (Å²) in [4.78, 5) is 0.123. The smallest absolute Gasteiger partial charge is 0.243 e. The van der Waals surface area contributed by atoms with Crippen LogP contribution >= 0.6 is 11.6 Å². The minimum absolute atomic E-state index is 0.0152. The fraction of sp³-hybridized carbons (Fsp3) is 0.478. The van der Waals surface area contributed by atoms with E-state index < -0.39 is 31.8 Å². The summed E-state index contributed by atoms with van der Waals surface area (Å²) in [5.41, 5.74) is -0.395. The SMILES string of the molecule is NS(=O)(=O)c1cccc(OCC(O)CN[C@H]2COC3(CCN(S(=O)(=O)c4cccc(Cl)c4)CC3)C2)c1. The van der Waals surface area contributed by atoms with Gasteiger partial charge < -0.3 is 19.9 Å². The van der Waals surface area contributed by atoms with Gasteiger partial charge in [-0.1, -0.05) is 23.7 Å². The molecule has 0 amide bonds. The summed E-state index contributed by atoms with van der Waals surface area (Å²) >= 11 is 5.97. The molecule has 1 unspecified atom stereocenters. The molecule has 36 heavy (non-hydrogen) atoms. The molecule has 0 saturated carbocycles. The van der Waals surface area contributed by atoms with Gasteiger partial charge in [-0.25, -0.2) is 22.0 Å². The number of ether oxygens (including phenoxy) is 2. The standard InChI is InChI=1S/C23H30ClN3O7S2/c24-17-3-1-6-22(11-17)36(31,32)27-9-7-23(8-10-27)13-18(15-34-23)26-14-19(28)16-33-20-4-2-5-21(12-20)35(25,29)30/h1-6,11-12,18-19,26,28H,7-10,13-16H2,(H2,25,29,30)/t18-,19?/m1/s1. The molecule has 10 nitrogen and oxygen atoms in total. The minimum atomic E-state index is -3.84. The van der Waals surface area contributed by atoms with Crippen molar-refractivity contribution in [2.45, 2.75) is 46.8 Å². The molecule has 2 aromatic rings. The highest BCUT2D eigenvalue weighted by atomic mass is 35.5. The van der Waals surface area contributed by atoms with Crippen LogP contribution in [0, 0.1) is 0 Å². The van der Waals surface area contributed by atoms with Gasteiger partial charge in [-0.05, 0) is 49.6 Å². The first kappa shape index (κ1) is 27.3. The van der Waals surface area contributed by atoms with Crippen LogP contribution in [-0.2, 0) is 24.8 Å².